The molecule has 2 aromatic heterocycles. The van der Waals surface area contributed by atoms with Gasteiger partial charge in [-0.1, -0.05) is 12.1 Å². The van der Waals surface area contributed by atoms with Gasteiger partial charge in [0, 0.05) is 19.5 Å². The summed E-state index contributed by atoms with van der Waals surface area (Å²) >= 11 is 2.17. The lowest BCUT2D eigenvalue weighted by Crippen LogP contribution is -2.37. The van der Waals surface area contributed by atoms with Crippen LogP contribution in [0.25, 0.3) is 5.65 Å². The van der Waals surface area contributed by atoms with Crippen LogP contribution in [0.3, 0.4) is 0 Å². The van der Waals surface area contributed by atoms with E-state index in [2.05, 4.69) is 32.5 Å². The number of halogens is 4. The van der Waals surface area contributed by atoms with Gasteiger partial charge in [-0.15, -0.1) is 5.10 Å². The van der Waals surface area contributed by atoms with E-state index in [0.29, 0.717) is 48.9 Å². The number of hydrogen-bond acceptors (Lipinski definition) is 5. The molecule has 6 nitrogen and oxygen atoms in total. The molecule has 1 N–H and O–H groups in total. The van der Waals surface area contributed by atoms with Crippen LogP contribution < -0.4 is 4.90 Å². The van der Waals surface area contributed by atoms with Gasteiger partial charge in [0.1, 0.15) is 0 Å². The fraction of sp³-hybridized carbons (Fsp3) is 0.400. The number of aliphatic hydroxyl groups is 1. The number of anilines is 1. The van der Waals surface area contributed by atoms with Crippen LogP contribution >= 0.6 is 22.6 Å². The van der Waals surface area contributed by atoms with Gasteiger partial charge in [-0.05, 0) is 52.8 Å². The predicted octanol–water partition coefficient (Wildman–Crippen LogP) is 3.58. The number of fused-ring (bicyclic) bond motifs is 1. The van der Waals surface area contributed by atoms with Crippen molar-refractivity contribution in [1.29, 1.82) is 0 Å². The van der Waals surface area contributed by atoms with Crippen molar-refractivity contribution in [2.24, 2.45) is 0 Å². The molecule has 30 heavy (non-hydrogen) atoms. The van der Waals surface area contributed by atoms with Crippen molar-refractivity contribution in [2.45, 2.75) is 26.1 Å². The van der Waals surface area contributed by atoms with Gasteiger partial charge in [0.15, 0.2) is 11.5 Å². The average Bonchev–Trinajstić information content (AvgIpc) is 3.07. The summed E-state index contributed by atoms with van der Waals surface area (Å²) in [6, 6.07) is 6.08. The van der Waals surface area contributed by atoms with Crippen LogP contribution in [0, 0.1) is 10.5 Å². The molecule has 3 aromatic rings. The third kappa shape index (κ3) is 4.00. The van der Waals surface area contributed by atoms with Gasteiger partial charge in [0.25, 0.3) is 0 Å². The highest BCUT2D eigenvalue weighted by Gasteiger charge is 2.33. The summed E-state index contributed by atoms with van der Waals surface area (Å²) in [5, 5.41) is 14.6. The molecule has 0 amide bonds. The minimum Gasteiger partial charge on any atom is -0.390 e. The van der Waals surface area contributed by atoms with Crippen molar-refractivity contribution < 1.29 is 23.0 Å². The molecule has 0 unspecified atom stereocenters. The fourth-order valence-electron chi connectivity index (χ4n) is 3.67. The Morgan fingerprint density at radius 1 is 1.23 bits per heavy atom. The molecule has 1 fully saturated rings. The van der Waals surface area contributed by atoms with E-state index in [1.54, 1.807) is 10.6 Å². The maximum Gasteiger partial charge on any atom is 0.416 e. The lowest BCUT2D eigenvalue weighted by Gasteiger charge is -2.27. The van der Waals surface area contributed by atoms with Gasteiger partial charge in [-0.2, -0.15) is 13.2 Å². The van der Waals surface area contributed by atoms with Crippen molar-refractivity contribution in [3.8, 4) is 0 Å². The minimum atomic E-state index is -4.42. The van der Waals surface area contributed by atoms with Gasteiger partial charge >= 0.3 is 6.18 Å². The number of morpholine rings is 1. The Labute approximate surface area is 184 Å². The molecule has 0 bridgehead atoms. The Morgan fingerprint density at radius 3 is 2.63 bits per heavy atom. The normalized spacial score (nSPS) is 15.2. The number of aromatic nitrogens is 3. The monoisotopic (exact) mass is 532 g/mol. The number of hydrogen-bond donors (Lipinski definition) is 1. The van der Waals surface area contributed by atoms with Crippen LogP contribution in [0.5, 0.6) is 0 Å². The number of alkyl halides is 3. The van der Waals surface area contributed by atoms with Crippen molar-refractivity contribution >= 4 is 34.1 Å². The molecule has 1 aromatic carbocycles. The maximum atomic E-state index is 13.3. The molecular weight excluding hydrogens is 512 g/mol. The first-order valence-corrected chi connectivity index (χ1v) is 10.5. The quantitative estimate of drug-likeness (QED) is 0.521. The molecule has 0 spiro atoms. The zero-order chi connectivity index (χ0) is 21.5. The van der Waals surface area contributed by atoms with E-state index in [0.717, 1.165) is 15.5 Å². The second kappa shape index (κ2) is 8.31. The number of aliphatic hydroxyl groups excluding tert-OH is 1. The van der Waals surface area contributed by atoms with E-state index in [9.17, 15) is 18.3 Å². The first-order valence-electron chi connectivity index (χ1n) is 9.46. The summed E-state index contributed by atoms with van der Waals surface area (Å²) in [5.41, 5.74) is 1.62. The van der Waals surface area contributed by atoms with Crippen LogP contribution in [-0.2, 0) is 23.9 Å². The second-order valence-corrected chi connectivity index (χ2v) is 8.28. The molecule has 0 aliphatic carbocycles. The van der Waals surface area contributed by atoms with E-state index >= 15 is 0 Å². The summed E-state index contributed by atoms with van der Waals surface area (Å²) < 4.78 is 47.9. The van der Waals surface area contributed by atoms with Gasteiger partial charge in [-0.25, -0.2) is 9.50 Å². The maximum absolute atomic E-state index is 13.3. The van der Waals surface area contributed by atoms with E-state index < -0.39 is 11.7 Å². The third-order valence-electron chi connectivity index (χ3n) is 5.30. The Bertz CT molecular complexity index is 1080. The summed E-state index contributed by atoms with van der Waals surface area (Å²) in [5.74, 6) is 0.749. The lowest BCUT2D eigenvalue weighted by atomic mass is 9.98. The average molecular weight is 532 g/mol. The molecule has 1 aliphatic heterocycles. The van der Waals surface area contributed by atoms with Gasteiger partial charge in [0.05, 0.1) is 40.3 Å². The van der Waals surface area contributed by atoms with Crippen LogP contribution in [-0.4, -0.2) is 46.0 Å². The Hall–Kier alpha value is -1.92. The standard InChI is InChI=1S/C20H20F3IN4O2/c1-12-13(3-2-4-14(12)20(21,22)23)9-17-16(11-29)25-19-15(24)10-18(26-28(17)19)27-5-7-30-8-6-27/h2-4,10,29H,5-9,11H2,1H3. The molecule has 3 heterocycles. The number of nitrogens with zero attached hydrogens (tertiary/aromatic N) is 4. The lowest BCUT2D eigenvalue weighted by molar-refractivity contribution is -0.138. The smallest absolute Gasteiger partial charge is 0.390 e. The number of ether oxygens (including phenoxy) is 1. The minimum absolute atomic E-state index is 0.169. The highest BCUT2D eigenvalue weighted by molar-refractivity contribution is 14.1. The summed E-state index contributed by atoms with van der Waals surface area (Å²) in [6.07, 6.45) is -4.24. The van der Waals surface area contributed by atoms with Crippen molar-refractivity contribution in [2.75, 3.05) is 31.2 Å². The number of imidazole rings is 1. The van der Waals surface area contributed by atoms with Crippen LogP contribution in [0.15, 0.2) is 24.3 Å². The van der Waals surface area contributed by atoms with Crippen molar-refractivity contribution in [3.63, 3.8) is 0 Å². The molecular formula is C20H20F3IN4O2. The van der Waals surface area contributed by atoms with E-state index in [4.69, 9.17) is 9.84 Å². The summed E-state index contributed by atoms with van der Waals surface area (Å²) in [4.78, 5) is 6.59. The molecule has 0 radical (unpaired) electrons. The molecule has 4 rings (SSSR count). The molecule has 1 aliphatic rings. The fourth-order valence-corrected chi connectivity index (χ4v) is 4.30. The largest absolute Gasteiger partial charge is 0.416 e. The SMILES string of the molecule is Cc1c(Cc2c(CO)nc3c(I)cc(N4CCOCC4)nn23)cccc1C(F)(F)F. The Morgan fingerprint density at radius 2 is 1.97 bits per heavy atom. The van der Waals surface area contributed by atoms with Crippen molar-refractivity contribution in [1.82, 2.24) is 14.6 Å². The zero-order valence-electron chi connectivity index (χ0n) is 16.2. The highest BCUT2D eigenvalue weighted by atomic mass is 127. The van der Waals surface area contributed by atoms with E-state index in [1.165, 1.54) is 13.0 Å². The number of rotatable bonds is 4. The molecule has 0 atom stereocenters. The second-order valence-electron chi connectivity index (χ2n) is 7.11. The third-order valence-corrected chi connectivity index (χ3v) is 6.09. The number of benzene rings is 1. The molecule has 10 heteroatoms. The predicted molar refractivity (Wildman–Crippen MR) is 114 cm³/mol. The molecule has 0 saturated carbocycles. The van der Waals surface area contributed by atoms with Crippen LogP contribution in [0.1, 0.15) is 28.1 Å². The Kier molecular flexibility index (Phi) is 5.90. The topological polar surface area (TPSA) is 62.9 Å². The summed E-state index contributed by atoms with van der Waals surface area (Å²) in [7, 11) is 0. The molecule has 1 saturated heterocycles. The van der Waals surface area contributed by atoms with Gasteiger partial charge in [0.2, 0.25) is 0 Å². The van der Waals surface area contributed by atoms with Crippen LogP contribution in [0.2, 0.25) is 0 Å². The van der Waals surface area contributed by atoms with Crippen LogP contribution in [0.4, 0.5) is 19.0 Å². The Balaban J connectivity index is 1.81. The molecule has 160 valence electrons. The van der Waals surface area contributed by atoms with E-state index in [1.807, 2.05) is 6.07 Å². The zero-order valence-corrected chi connectivity index (χ0v) is 18.4. The summed E-state index contributed by atoms with van der Waals surface area (Å²) in [6.45, 7) is 3.78. The van der Waals surface area contributed by atoms with Crippen molar-refractivity contribution in [3.05, 3.63) is 55.9 Å². The highest BCUT2D eigenvalue weighted by Crippen LogP contribution is 2.34. The first kappa shape index (κ1) is 21.3. The van der Waals surface area contributed by atoms with E-state index in [-0.39, 0.29) is 18.6 Å². The first-order chi connectivity index (χ1) is 14.3. The van der Waals surface area contributed by atoms with Gasteiger partial charge < -0.3 is 14.7 Å². The van der Waals surface area contributed by atoms with Gasteiger partial charge in [-0.3, -0.25) is 0 Å².